The number of nitrogen functional groups attached to an aromatic ring is 1. The summed E-state index contributed by atoms with van der Waals surface area (Å²) in [5.41, 5.74) is 7.79. The van der Waals surface area contributed by atoms with Gasteiger partial charge in [-0.15, -0.1) is 0 Å². The van der Waals surface area contributed by atoms with Crippen molar-refractivity contribution >= 4 is 11.4 Å². The van der Waals surface area contributed by atoms with Gasteiger partial charge in [0, 0.05) is 29.5 Å². The smallest absolute Gasteiger partial charge is 0.123 e. The third-order valence-electron chi connectivity index (χ3n) is 3.79. The summed E-state index contributed by atoms with van der Waals surface area (Å²) in [7, 11) is 0. The topological polar surface area (TPSA) is 47.3 Å². The van der Waals surface area contributed by atoms with E-state index in [1.165, 1.54) is 25.7 Å². The molecule has 0 aromatic heterocycles. The van der Waals surface area contributed by atoms with Gasteiger partial charge in [-0.3, -0.25) is 0 Å². The second kappa shape index (κ2) is 6.69. The third kappa shape index (κ3) is 4.34. The summed E-state index contributed by atoms with van der Waals surface area (Å²) < 4.78 is 5.66. The Balaban J connectivity index is 1.97. The fourth-order valence-electron chi connectivity index (χ4n) is 2.65. The first-order valence-electron chi connectivity index (χ1n) is 7.47. The molecule has 3 nitrogen and oxygen atoms in total. The lowest BCUT2D eigenvalue weighted by molar-refractivity contribution is 0.317. The molecule has 3 N–H and O–H groups in total. The van der Waals surface area contributed by atoms with Crippen LogP contribution in [0.3, 0.4) is 0 Å². The maximum Gasteiger partial charge on any atom is 0.123 e. The summed E-state index contributed by atoms with van der Waals surface area (Å²) >= 11 is 0. The molecule has 0 unspecified atom stereocenters. The molecule has 0 bridgehead atoms. The molecule has 1 aromatic carbocycles. The van der Waals surface area contributed by atoms with Crippen LogP contribution in [0.1, 0.15) is 46.0 Å². The van der Waals surface area contributed by atoms with Crippen LogP contribution in [0.5, 0.6) is 5.75 Å². The van der Waals surface area contributed by atoms with Gasteiger partial charge in [0.05, 0.1) is 6.61 Å². The molecule has 1 fully saturated rings. The Morgan fingerprint density at radius 2 is 1.95 bits per heavy atom. The Morgan fingerprint density at radius 1 is 1.21 bits per heavy atom. The van der Waals surface area contributed by atoms with Gasteiger partial charge in [0.1, 0.15) is 5.75 Å². The zero-order valence-corrected chi connectivity index (χ0v) is 12.1. The molecule has 1 saturated carbocycles. The van der Waals surface area contributed by atoms with Crippen molar-refractivity contribution < 1.29 is 4.74 Å². The zero-order chi connectivity index (χ0) is 13.7. The normalized spacial score (nSPS) is 23.1. The molecule has 0 atom stereocenters. The summed E-state index contributed by atoms with van der Waals surface area (Å²) in [5, 5.41) is 3.60. The first kappa shape index (κ1) is 14.0. The van der Waals surface area contributed by atoms with Gasteiger partial charge in [-0.05, 0) is 44.1 Å². The fraction of sp³-hybridized carbons (Fsp3) is 0.625. The van der Waals surface area contributed by atoms with Crippen LogP contribution in [0.2, 0.25) is 0 Å². The number of nitrogens with two attached hydrogens (primary N) is 1. The summed E-state index contributed by atoms with van der Waals surface area (Å²) in [4.78, 5) is 0. The highest BCUT2D eigenvalue weighted by Gasteiger charge is 2.18. The van der Waals surface area contributed by atoms with E-state index in [4.69, 9.17) is 10.5 Å². The standard InChI is InChI=1S/C16H26N2O/c1-3-8-19-16-10-13(17)9-15(11-16)18-14-6-4-12(2)5-7-14/h9-12,14,18H,3-8,17H2,1-2H3. The Labute approximate surface area is 116 Å². The molecule has 0 heterocycles. The van der Waals surface area contributed by atoms with E-state index in [1.807, 2.05) is 12.1 Å². The van der Waals surface area contributed by atoms with E-state index in [-0.39, 0.29) is 0 Å². The van der Waals surface area contributed by atoms with Crippen LogP contribution >= 0.6 is 0 Å². The van der Waals surface area contributed by atoms with Crippen molar-refractivity contribution in [3.63, 3.8) is 0 Å². The zero-order valence-electron chi connectivity index (χ0n) is 12.1. The van der Waals surface area contributed by atoms with Crippen molar-refractivity contribution in [1.29, 1.82) is 0 Å². The minimum absolute atomic E-state index is 0.581. The van der Waals surface area contributed by atoms with Crippen LogP contribution < -0.4 is 15.8 Å². The van der Waals surface area contributed by atoms with Gasteiger partial charge in [-0.2, -0.15) is 0 Å². The molecule has 1 aromatic rings. The van der Waals surface area contributed by atoms with Crippen molar-refractivity contribution in [3.8, 4) is 5.75 Å². The van der Waals surface area contributed by atoms with Crippen LogP contribution in [-0.2, 0) is 0 Å². The Kier molecular flexibility index (Phi) is 4.94. The Morgan fingerprint density at radius 3 is 2.63 bits per heavy atom. The number of anilines is 2. The van der Waals surface area contributed by atoms with Crippen molar-refractivity contribution in [1.82, 2.24) is 0 Å². The molecule has 106 valence electrons. The lowest BCUT2D eigenvalue weighted by atomic mass is 9.87. The predicted molar refractivity (Wildman–Crippen MR) is 81.7 cm³/mol. The molecular weight excluding hydrogens is 236 g/mol. The lowest BCUT2D eigenvalue weighted by Crippen LogP contribution is -2.25. The average Bonchev–Trinajstić information content (AvgIpc) is 2.38. The number of benzene rings is 1. The second-order valence-corrected chi connectivity index (χ2v) is 5.74. The van der Waals surface area contributed by atoms with Gasteiger partial charge in [-0.25, -0.2) is 0 Å². The third-order valence-corrected chi connectivity index (χ3v) is 3.79. The minimum atomic E-state index is 0.581. The van der Waals surface area contributed by atoms with Gasteiger partial charge in [0.25, 0.3) is 0 Å². The largest absolute Gasteiger partial charge is 0.493 e. The molecule has 1 aliphatic rings. The van der Waals surface area contributed by atoms with Crippen molar-refractivity contribution in [2.75, 3.05) is 17.7 Å². The number of nitrogens with one attached hydrogen (secondary N) is 1. The molecule has 3 heteroatoms. The highest BCUT2D eigenvalue weighted by atomic mass is 16.5. The first-order chi connectivity index (χ1) is 9.17. The number of hydrogen-bond donors (Lipinski definition) is 2. The summed E-state index contributed by atoms with van der Waals surface area (Å²) in [6, 6.07) is 6.53. The van der Waals surface area contributed by atoms with Crippen LogP contribution in [0.25, 0.3) is 0 Å². The summed E-state index contributed by atoms with van der Waals surface area (Å²) in [5.74, 6) is 1.75. The van der Waals surface area contributed by atoms with E-state index in [9.17, 15) is 0 Å². The van der Waals surface area contributed by atoms with E-state index in [0.717, 1.165) is 36.1 Å². The van der Waals surface area contributed by atoms with E-state index in [0.29, 0.717) is 6.04 Å². The van der Waals surface area contributed by atoms with Crippen LogP contribution in [0.4, 0.5) is 11.4 Å². The van der Waals surface area contributed by atoms with Gasteiger partial charge < -0.3 is 15.8 Å². The fourth-order valence-corrected chi connectivity index (χ4v) is 2.65. The molecular formula is C16H26N2O. The van der Waals surface area contributed by atoms with Gasteiger partial charge in [-0.1, -0.05) is 13.8 Å². The summed E-state index contributed by atoms with van der Waals surface area (Å²) in [6.07, 6.45) is 6.15. The summed E-state index contributed by atoms with van der Waals surface area (Å²) in [6.45, 7) is 5.19. The molecule has 1 aliphatic carbocycles. The molecule has 0 amide bonds. The highest BCUT2D eigenvalue weighted by molar-refractivity contribution is 5.59. The first-order valence-corrected chi connectivity index (χ1v) is 7.47. The number of hydrogen-bond acceptors (Lipinski definition) is 3. The maximum absolute atomic E-state index is 5.94. The maximum atomic E-state index is 5.94. The van der Waals surface area contributed by atoms with E-state index in [2.05, 4.69) is 25.2 Å². The lowest BCUT2D eigenvalue weighted by Gasteiger charge is -2.28. The SMILES string of the molecule is CCCOc1cc(N)cc(NC2CCC(C)CC2)c1. The molecule has 19 heavy (non-hydrogen) atoms. The van der Waals surface area contributed by atoms with E-state index >= 15 is 0 Å². The Hall–Kier alpha value is -1.38. The molecule has 0 radical (unpaired) electrons. The average molecular weight is 262 g/mol. The quantitative estimate of drug-likeness (QED) is 0.787. The molecule has 0 spiro atoms. The molecule has 0 aliphatic heterocycles. The van der Waals surface area contributed by atoms with Crippen molar-refractivity contribution in [3.05, 3.63) is 18.2 Å². The minimum Gasteiger partial charge on any atom is -0.493 e. The van der Waals surface area contributed by atoms with E-state index in [1.54, 1.807) is 0 Å². The van der Waals surface area contributed by atoms with E-state index < -0.39 is 0 Å². The van der Waals surface area contributed by atoms with Crippen molar-refractivity contribution in [2.24, 2.45) is 5.92 Å². The Bertz CT molecular complexity index is 398. The van der Waals surface area contributed by atoms with Crippen molar-refractivity contribution in [2.45, 2.75) is 52.0 Å². The molecule has 2 rings (SSSR count). The number of ether oxygens (including phenoxy) is 1. The van der Waals surface area contributed by atoms with Crippen LogP contribution in [0, 0.1) is 5.92 Å². The van der Waals surface area contributed by atoms with Gasteiger partial charge in [0.2, 0.25) is 0 Å². The number of rotatable bonds is 5. The highest BCUT2D eigenvalue weighted by Crippen LogP contribution is 2.28. The van der Waals surface area contributed by atoms with Gasteiger partial charge >= 0.3 is 0 Å². The van der Waals surface area contributed by atoms with Crippen LogP contribution in [-0.4, -0.2) is 12.6 Å². The second-order valence-electron chi connectivity index (χ2n) is 5.74. The monoisotopic (exact) mass is 262 g/mol. The predicted octanol–water partition coefficient (Wildman–Crippen LogP) is 4.05. The molecule has 0 saturated heterocycles. The van der Waals surface area contributed by atoms with Crippen LogP contribution in [0.15, 0.2) is 18.2 Å². The van der Waals surface area contributed by atoms with Gasteiger partial charge in [0.15, 0.2) is 0 Å².